The fourth-order valence-electron chi connectivity index (χ4n) is 1.16. The number of esters is 1. The minimum atomic E-state index is -1.09. The molecule has 0 aliphatic carbocycles. The summed E-state index contributed by atoms with van der Waals surface area (Å²) >= 11 is 12.8. The summed E-state index contributed by atoms with van der Waals surface area (Å²) in [6.45, 7) is 4.24. The Bertz CT molecular complexity index is 195. The summed E-state index contributed by atoms with van der Waals surface area (Å²) < 4.78 is 3.80. The number of carbonyl (C=O) groups excluding carboxylic acids is 1. The molecule has 15 heavy (non-hydrogen) atoms. The van der Waals surface area contributed by atoms with Gasteiger partial charge in [0, 0.05) is 5.25 Å². The van der Waals surface area contributed by atoms with E-state index in [1.54, 1.807) is 6.92 Å². The zero-order valence-electron chi connectivity index (χ0n) is 9.27. The highest BCUT2D eigenvalue weighted by atomic mass is 32.2. The summed E-state index contributed by atoms with van der Waals surface area (Å²) in [7, 11) is 0. The third-order valence-corrected chi connectivity index (χ3v) is 4.16. The van der Waals surface area contributed by atoms with Gasteiger partial charge in [0.05, 0.1) is 6.61 Å². The minimum absolute atomic E-state index is 0.185. The van der Waals surface area contributed by atoms with Crippen LogP contribution in [0.2, 0.25) is 0 Å². The van der Waals surface area contributed by atoms with Crippen LogP contribution in [0.4, 0.5) is 0 Å². The predicted octanol–water partition coefficient (Wildman–Crippen LogP) is 2.98. The summed E-state index contributed by atoms with van der Waals surface area (Å²) in [6, 6.07) is 0. The number of carbonyl (C=O) groups is 1. The Hall–Kier alpha value is 0.520. The van der Waals surface area contributed by atoms with Crippen LogP contribution in [0.25, 0.3) is 0 Å². The fraction of sp³-hybridized carbons (Fsp3) is 0.900. The Morgan fingerprint density at radius 3 is 2.40 bits per heavy atom. The van der Waals surface area contributed by atoms with Crippen LogP contribution in [0.15, 0.2) is 0 Å². The zero-order valence-corrected chi connectivity index (χ0v) is 12.0. The normalized spacial score (nSPS) is 13.7. The third kappa shape index (κ3) is 5.41. The largest absolute Gasteiger partial charge is 0.464 e. The first kappa shape index (κ1) is 15.5. The van der Waals surface area contributed by atoms with Gasteiger partial charge in [0.1, 0.15) is 0 Å². The van der Waals surface area contributed by atoms with Crippen molar-refractivity contribution in [1.29, 1.82) is 0 Å². The van der Waals surface area contributed by atoms with E-state index in [2.05, 4.69) is 44.8 Å². The van der Waals surface area contributed by atoms with Crippen LogP contribution in [-0.4, -0.2) is 21.9 Å². The number of rotatable bonds is 7. The molecule has 0 fully saturated rings. The van der Waals surface area contributed by atoms with Gasteiger partial charge in [-0.05, 0) is 13.3 Å². The van der Waals surface area contributed by atoms with E-state index in [-0.39, 0.29) is 5.25 Å². The molecule has 0 amide bonds. The molecule has 0 bridgehead atoms. The second kappa shape index (κ2) is 7.74. The van der Waals surface area contributed by atoms with Gasteiger partial charge >= 0.3 is 5.97 Å². The van der Waals surface area contributed by atoms with Crippen molar-refractivity contribution in [2.75, 3.05) is 6.61 Å². The minimum Gasteiger partial charge on any atom is -0.464 e. The summed E-state index contributed by atoms with van der Waals surface area (Å²) in [4.78, 5) is 11.5. The van der Waals surface area contributed by atoms with Crippen LogP contribution in [0.1, 0.15) is 39.5 Å². The second-order valence-corrected chi connectivity index (χ2v) is 5.85. The average molecular weight is 268 g/mol. The van der Waals surface area contributed by atoms with Crippen LogP contribution in [0.3, 0.4) is 0 Å². The summed E-state index contributed by atoms with van der Waals surface area (Å²) in [5.74, 6) is -0.409. The first-order valence-electron chi connectivity index (χ1n) is 5.26. The van der Waals surface area contributed by atoms with Gasteiger partial charge in [-0.1, -0.05) is 26.2 Å². The van der Waals surface area contributed by atoms with Gasteiger partial charge in [0.25, 0.3) is 0 Å². The number of unbranched alkanes of at least 4 members (excludes halogenated alkanes) is 2. The Kier molecular flexibility index (Phi) is 8.01. The van der Waals surface area contributed by atoms with Crippen molar-refractivity contribution in [1.82, 2.24) is 0 Å². The summed E-state index contributed by atoms with van der Waals surface area (Å²) in [5.41, 5.74) is 0. The van der Waals surface area contributed by atoms with E-state index >= 15 is 0 Å². The molecule has 0 aromatic rings. The predicted molar refractivity (Wildman–Crippen MR) is 74.3 cm³/mol. The molecule has 0 rings (SSSR count). The maximum atomic E-state index is 11.5. The van der Waals surface area contributed by atoms with E-state index < -0.39 is 10.0 Å². The van der Waals surface area contributed by atoms with Crippen molar-refractivity contribution in [3.63, 3.8) is 0 Å². The number of thiol groups is 3. The molecule has 0 radical (unpaired) electrons. The lowest BCUT2D eigenvalue weighted by Gasteiger charge is -2.26. The molecule has 0 aliphatic heterocycles. The van der Waals surface area contributed by atoms with Crippen molar-refractivity contribution in [2.24, 2.45) is 0 Å². The number of hydrogen-bond acceptors (Lipinski definition) is 5. The topological polar surface area (TPSA) is 26.3 Å². The molecular formula is C10H20O2S3. The lowest BCUT2D eigenvalue weighted by Crippen LogP contribution is -2.38. The van der Waals surface area contributed by atoms with Gasteiger partial charge in [-0.2, -0.15) is 12.6 Å². The SMILES string of the molecule is CCCCCC(S)C(S)(S)C(=O)OCC. The standard InChI is InChI=1S/C10H20O2S3/c1-3-5-6-7-8(13)10(14,15)9(11)12-4-2/h8,13-15H,3-7H2,1-2H3. The summed E-state index contributed by atoms with van der Waals surface area (Å²) in [6.07, 6.45) is 4.14. The van der Waals surface area contributed by atoms with Crippen molar-refractivity contribution in [2.45, 2.75) is 48.9 Å². The molecule has 0 saturated heterocycles. The Morgan fingerprint density at radius 1 is 1.33 bits per heavy atom. The molecule has 0 aromatic carbocycles. The van der Waals surface area contributed by atoms with Crippen LogP contribution in [0, 0.1) is 0 Å². The molecule has 0 saturated carbocycles. The lowest BCUT2D eigenvalue weighted by molar-refractivity contribution is -0.143. The Morgan fingerprint density at radius 2 is 1.93 bits per heavy atom. The van der Waals surface area contributed by atoms with Gasteiger partial charge in [-0.3, -0.25) is 0 Å². The lowest BCUT2D eigenvalue weighted by atomic mass is 10.1. The third-order valence-electron chi connectivity index (χ3n) is 2.12. The quantitative estimate of drug-likeness (QED) is 0.286. The average Bonchev–Trinajstić information content (AvgIpc) is 2.18. The molecule has 0 N–H and O–H groups in total. The van der Waals surface area contributed by atoms with Gasteiger partial charge in [0.2, 0.25) is 0 Å². The van der Waals surface area contributed by atoms with Gasteiger partial charge < -0.3 is 4.74 Å². The smallest absolute Gasteiger partial charge is 0.333 e. The van der Waals surface area contributed by atoms with Crippen molar-refractivity contribution >= 4 is 43.9 Å². The fourth-order valence-corrected chi connectivity index (χ4v) is 1.84. The zero-order chi connectivity index (χ0) is 11.9. The Balaban J connectivity index is 4.12. The van der Waals surface area contributed by atoms with Gasteiger partial charge in [0.15, 0.2) is 4.08 Å². The highest BCUT2D eigenvalue weighted by Gasteiger charge is 2.38. The van der Waals surface area contributed by atoms with Gasteiger partial charge in [-0.15, -0.1) is 25.3 Å². The molecule has 1 atom stereocenters. The first-order chi connectivity index (χ1) is 6.96. The Labute approximate surface area is 109 Å². The van der Waals surface area contributed by atoms with E-state index in [4.69, 9.17) is 4.74 Å². The van der Waals surface area contributed by atoms with E-state index in [9.17, 15) is 4.79 Å². The van der Waals surface area contributed by atoms with Crippen molar-refractivity contribution < 1.29 is 9.53 Å². The second-order valence-electron chi connectivity index (χ2n) is 3.46. The van der Waals surface area contributed by atoms with Crippen LogP contribution in [0.5, 0.6) is 0 Å². The van der Waals surface area contributed by atoms with Crippen molar-refractivity contribution in [3.05, 3.63) is 0 Å². The first-order valence-corrected chi connectivity index (χ1v) is 6.67. The maximum absolute atomic E-state index is 11.5. The summed E-state index contributed by atoms with van der Waals surface area (Å²) in [5, 5.41) is -0.185. The molecule has 0 aromatic heterocycles. The van der Waals surface area contributed by atoms with Crippen molar-refractivity contribution in [3.8, 4) is 0 Å². The molecule has 0 aliphatic rings. The monoisotopic (exact) mass is 268 g/mol. The highest BCUT2D eigenvalue weighted by molar-refractivity contribution is 8.03. The highest BCUT2D eigenvalue weighted by Crippen LogP contribution is 2.32. The van der Waals surface area contributed by atoms with Crippen LogP contribution in [-0.2, 0) is 9.53 Å². The molecule has 1 unspecified atom stereocenters. The van der Waals surface area contributed by atoms with E-state index in [1.807, 2.05) is 0 Å². The van der Waals surface area contributed by atoms with Crippen LogP contribution < -0.4 is 0 Å². The maximum Gasteiger partial charge on any atom is 0.333 e. The van der Waals surface area contributed by atoms with E-state index in [1.165, 1.54) is 0 Å². The molecule has 2 nitrogen and oxygen atoms in total. The van der Waals surface area contributed by atoms with E-state index in [0.29, 0.717) is 6.61 Å². The number of hydrogen-bond donors (Lipinski definition) is 3. The van der Waals surface area contributed by atoms with Crippen LogP contribution >= 0.6 is 37.9 Å². The molecule has 5 heteroatoms. The molecule has 0 spiro atoms. The van der Waals surface area contributed by atoms with Gasteiger partial charge in [-0.25, -0.2) is 4.79 Å². The molecule has 90 valence electrons. The molecular weight excluding hydrogens is 248 g/mol. The molecule has 0 heterocycles. The number of ether oxygens (including phenoxy) is 1. The van der Waals surface area contributed by atoms with E-state index in [0.717, 1.165) is 25.7 Å².